The number of ketones is 1. The van der Waals surface area contributed by atoms with Crippen LogP contribution in [-0.4, -0.2) is 5.78 Å². The molecule has 0 heterocycles. The van der Waals surface area contributed by atoms with Gasteiger partial charge >= 0.3 is 0 Å². The van der Waals surface area contributed by atoms with Crippen LogP contribution in [0.2, 0.25) is 0 Å². The highest BCUT2D eigenvalue weighted by Gasteiger charge is 2.14. The third kappa shape index (κ3) is 3.17. The fourth-order valence-corrected chi connectivity index (χ4v) is 1.61. The van der Waals surface area contributed by atoms with Crippen LogP contribution >= 0.6 is 0 Å². The topological polar surface area (TPSA) is 17.1 Å². The van der Waals surface area contributed by atoms with E-state index in [2.05, 4.69) is 19.6 Å². The Labute approximate surface area is 80.5 Å². The molecule has 0 saturated heterocycles. The van der Waals surface area contributed by atoms with Gasteiger partial charge in [-0.1, -0.05) is 19.1 Å². The SMILES string of the molecule is C=CCCC(=O)C1=CCC(C)CC1. The molecule has 0 aromatic rings. The number of rotatable bonds is 4. The molecule has 0 amide bonds. The van der Waals surface area contributed by atoms with Gasteiger partial charge in [-0.3, -0.25) is 4.79 Å². The Kier molecular flexibility index (Phi) is 3.94. The minimum absolute atomic E-state index is 0.326. The molecule has 1 atom stereocenters. The maximum absolute atomic E-state index is 11.5. The van der Waals surface area contributed by atoms with Gasteiger partial charge in [0.2, 0.25) is 0 Å². The maximum Gasteiger partial charge on any atom is 0.158 e. The Morgan fingerprint density at radius 1 is 1.77 bits per heavy atom. The van der Waals surface area contributed by atoms with Crippen LogP contribution < -0.4 is 0 Å². The molecule has 1 nitrogen and oxygen atoms in total. The van der Waals surface area contributed by atoms with Gasteiger partial charge in [-0.25, -0.2) is 0 Å². The van der Waals surface area contributed by atoms with E-state index in [-0.39, 0.29) is 0 Å². The van der Waals surface area contributed by atoms with Crippen molar-refractivity contribution in [3.63, 3.8) is 0 Å². The average Bonchev–Trinajstić information content (AvgIpc) is 2.15. The Morgan fingerprint density at radius 2 is 2.54 bits per heavy atom. The number of hydrogen-bond acceptors (Lipinski definition) is 1. The van der Waals surface area contributed by atoms with Gasteiger partial charge in [0, 0.05) is 6.42 Å². The highest BCUT2D eigenvalue weighted by atomic mass is 16.1. The fraction of sp³-hybridized carbons (Fsp3) is 0.583. The number of hydrogen-bond donors (Lipinski definition) is 0. The summed E-state index contributed by atoms with van der Waals surface area (Å²) in [5, 5.41) is 0. The first-order chi connectivity index (χ1) is 6.24. The predicted molar refractivity (Wildman–Crippen MR) is 55.5 cm³/mol. The van der Waals surface area contributed by atoms with Crippen LogP contribution in [0.25, 0.3) is 0 Å². The first-order valence-corrected chi connectivity index (χ1v) is 5.07. The summed E-state index contributed by atoms with van der Waals surface area (Å²) < 4.78 is 0. The highest BCUT2D eigenvalue weighted by Crippen LogP contribution is 2.24. The van der Waals surface area contributed by atoms with Crippen LogP contribution in [0.15, 0.2) is 24.3 Å². The van der Waals surface area contributed by atoms with Gasteiger partial charge < -0.3 is 0 Å². The summed E-state index contributed by atoms with van der Waals surface area (Å²) in [4.78, 5) is 11.5. The monoisotopic (exact) mass is 178 g/mol. The highest BCUT2D eigenvalue weighted by molar-refractivity contribution is 5.95. The van der Waals surface area contributed by atoms with Crippen LogP contribution in [0, 0.1) is 5.92 Å². The molecule has 1 aliphatic rings. The molecule has 13 heavy (non-hydrogen) atoms. The summed E-state index contributed by atoms with van der Waals surface area (Å²) in [6.07, 6.45) is 8.62. The van der Waals surface area contributed by atoms with Gasteiger partial charge in [0.1, 0.15) is 0 Å². The van der Waals surface area contributed by atoms with Crippen molar-refractivity contribution in [2.75, 3.05) is 0 Å². The van der Waals surface area contributed by atoms with Gasteiger partial charge in [0.25, 0.3) is 0 Å². The predicted octanol–water partition coefficient (Wildman–Crippen LogP) is 3.27. The van der Waals surface area contributed by atoms with E-state index in [1.165, 1.54) is 6.42 Å². The van der Waals surface area contributed by atoms with Crippen molar-refractivity contribution in [3.05, 3.63) is 24.3 Å². The van der Waals surface area contributed by atoms with Crippen molar-refractivity contribution in [3.8, 4) is 0 Å². The van der Waals surface area contributed by atoms with E-state index >= 15 is 0 Å². The van der Waals surface area contributed by atoms with E-state index in [9.17, 15) is 4.79 Å². The number of allylic oxidation sites excluding steroid dienone is 3. The smallest absolute Gasteiger partial charge is 0.158 e. The molecule has 0 aromatic heterocycles. The quantitative estimate of drug-likeness (QED) is 0.604. The molecule has 0 aliphatic heterocycles. The molecule has 0 radical (unpaired) electrons. The molecular weight excluding hydrogens is 160 g/mol. The number of carbonyl (C=O) groups excluding carboxylic acids is 1. The third-order valence-corrected chi connectivity index (χ3v) is 2.61. The second-order valence-electron chi connectivity index (χ2n) is 3.86. The van der Waals surface area contributed by atoms with E-state index in [1.807, 2.05) is 6.08 Å². The Hall–Kier alpha value is -0.850. The minimum Gasteiger partial charge on any atom is -0.295 e. The molecule has 72 valence electrons. The molecule has 1 heteroatoms. The van der Waals surface area contributed by atoms with Crippen molar-refractivity contribution in [1.82, 2.24) is 0 Å². The van der Waals surface area contributed by atoms with E-state index in [1.54, 1.807) is 0 Å². The lowest BCUT2D eigenvalue weighted by atomic mass is 9.88. The zero-order valence-corrected chi connectivity index (χ0v) is 8.38. The van der Waals surface area contributed by atoms with Gasteiger partial charge in [-0.15, -0.1) is 6.58 Å². The van der Waals surface area contributed by atoms with E-state index in [4.69, 9.17) is 0 Å². The first kappa shape index (κ1) is 10.2. The molecule has 0 bridgehead atoms. The number of carbonyl (C=O) groups is 1. The van der Waals surface area contributed by atoms with Crippen LogP contribution in [0.4, 0.5) is 0 Å². The molecule has 0 N–H and O–H groups in total. The molecule has 0 saturated carbocycles. The van der Waals surface area contributed by atoms with Gasteiger partial charge in [0.05, 0.1) is 0 Å². The van der Waals surface area contributed by atoms with Crippen molar-refractivity contribution < 1.29 is 4.79 Å². The third-order valence-electron chi connectivity index (χ3n) is 2.61. The second kappa shape index (κ2) is 5.00. The summed E-state index contributed by atoms with van der Waals surface area (Å²) >= 11 is 0. The standard InChI is InChI=1S/C12H18O/c1-3-4-5-12(13)11-8-6-10(2)7-9-11/h3,8,10H,1,4-7,9H2,2H3. The van der Waals surface area contributed by atoms with E-state index in [0.717, 1.165) is 30.8 Å². The van der Waals surface area contributed by atoms with Crippen molar-refractivity contribution >= 4 is 5.78 Å². The van der Waals surface area contributed by atoms with E-state index in [0.29, 0.717) is 12.2 Å². The minimum atomic E-state index is 0.326. The Balaban J connectivity index is 2.43. The fourth-order valence-electron chi connectivity index (χ4n) is 1.61. The summed E-state index contributed by atoms with van der Waals surface area (Å²) in [5.74, 6) is 1.09. The Bertz CT molecular complexity index is 225. The van der Waals surface area contributed by atoms with Crippen molar-refractivity contribution in [1.29, 1.82) is 0 Å². The first-order valence-electron chi connectivity index (χ1n) is 5.07. The second-order valence-corrected chi connectivity index (χ2v) is 3.86. The summed E-state index contributed by atoms with van der Waals surface area (Å²) in [6.45, 7) is 5.86. The van der Waals surface area contributed by atoms with Crippen LogP contribution in [0.5, 0.6) is 0 Å². The van der Waals surface area contributed by atoms with Crippen molar-refractivity contribution in [2.45, 2.75) is 39.0 Å². The molecule has 0 aromatic carbocycles. The molecular formula is C12H18O. The van der Waals surface area contributed by atoms with Crippen LogP contribution in [-0.2, 0) is 4.79 Å². The van der Waals surface area contributed by atoms with Gasteiger partial charge in [-0.2, -0.15) is 0 Å². The summed E-state index contributed by atoms with van der Waals surface area (Å²) in [5.41, 5.74) is 1.06. The van der Waals surface area contributed by atoms with Gasteiger partial charge in [0.15, 0.2) is 5.78 Å². The molecule has 0 spiro atoms. The lowest BCUT2D eigenvalue weighted by Gasteiger charge is -2.16. The molecule has 1 unspecified atom stereocenters. The normalized spacial score (nSPS) is 22.2. The lowest BCUT2D eigenvalue weighted by molar-refractivity contribution is -0.115. The molecule has 0 fully saturated rings. The van der Waals surface area contributed by atoms with Gasteiger partial charge in [-0.05, 0) is 37.2 Å². The summed E-state index contributed by atoms with van der Waals surface area (Å²) in [6, 6.07) is 0. The maximum atomic E-state index is 11.5. The zero-order chi connectivity index (χ0) is 9.68. The lowest BCUT2D eigenvalue weighted by Crippen LogP contribution is -2.09. The van der Waals surface area contributed by atoms with Crippen LogP contribution in [0.1, 0.15) is 39.0 Å². The largest absolute Gasteiger partial charge is 0.295 e. The zero-order valence-electron chi connectivity index (χ0n) is 8.38. The number of Topliss-reactive ketones (excluding diaryl/α,β-unsaturated/α-hetero) is 1. The van der Waals surface area contributed by atoms with E-state index < -0.39 is 0 Å². The van der Waals surface area contributed by atoms with Crippen LogP contribution in [0.3, 0.4) is 0 Å². The molecule has 1 aliphatic carbocycles. The summed E-state index contributed by atoms with van der Waals surface area (Å²) in [7, 11) is 0. The molecule has 1 rings (SSSR count). The Morgan fingerprint density at radius 3 is 3.08 bits per heavy atom. The van der Waals surface area contributed by atoms with Crippen molar-refractivity contribution in [2.24, 2.45) is 5.92 Å². The average molecular weight is 178 g/mol.